The van der Waals surface area contributed by atoms with Gasteiger partial charge in [0.25, 0.3) is 0 Å². The average Bonchev–Trinajstić information content (AvgIpc) is 2.86. The predicted molar refractivity (Wildman–Crippen MR) is 132 cm³/mol. The van der Waals surface area contributed by atoms with E-state index in [1.54, 1.807) is 0 Å². The summed E-state index contributed by atoms with van der Waals surface area (Å²) in [6.45, 7) is 5.22. The number of hydrogen-bond acceptors (Lipinski definition) is 4. The Labute approximate surface area is 201 Å². The van der Waals surface area contributed by atoms with Crippen molar-refractivity contribution in [2.24, 2.45) is 5.92 Å². The number of rotatable bonds is 11. The van der Waals surface area contributed by atoms with Gasteiger partial charge in [0.05, 0.1) is 13.2 Å². The summed E-state index contributed by atoms with van der Waals surface area (Å²) in [6.07, 6.45) is -0.618. The average molecular weight is 461 g/mol. The molecule has 0 saturated heterocycles. The van der Waals surface area contributed by atoms with E-state index in [1.165, 1.54) is 0 Å². The molecule has 0 spiro atoms. The number of carbonyl (C=O) groups is 2. The molecule has 0 bridgehead atoms. The summed E-state index contributed by atoms with van der Waals surface area (Å²) >= 11 is 0. The molecule has 2 N–H and O–H groups in total. The molecule has 0 aliphatic heterocycles. The first-order valence-corrected chi connectivity index (χ1v) is 11.5. The third-order valence-electron chi connectivity index (χ3n) is 5.38. The van der Waals surface area contributed by atoms with Crippen LogP contribution in [0.1, 0.15) is 36.1 Å². The minimum atomic E-state index is -0.704. The highest BCUT2D eigenvalue weighted by Gasteiger charge is 2.24. The van der Waals surface area contributed by atoms with Gasteiger partial charge in [-0.05, 0) is 28.2 Å². The third-order valence-corrected chi connectivity index (χ3v) is 5.38. The zero-order valence-electron chi connectivity index (χ0n) is 19.7. The summed E-state index contributed by atoms with van der Waals surface area (Å²) in [4.78, 5) is 25.1. The van der Waals surface area contributed by atoms with E-state index in [2.05, 4.69) is 10.6 Å². The Hall–Kier alpha value is -3.64. The second-order valence-electron chi connectivity index (χ2n) is 8.39. The van der Waals surface area contributed by atoms with Crippen molar-refractivity contribution in [3.8, 4) is 0 Å². The highest BCUT2D eigenvalue weighted by Crippen LogP contribution is 2.12. The zero-order valence-corrected chi connectivity index (χ0v) is 19.7. The van der Waals surface area contributed by atoms with Crippen LogP contribution in [0.3, 0.4) is 0 Å². The van der Waals surface area contributed by atoms with E-state index in [9.17, 15) is 9.59 Å². The lowest BCUT2D eigenvalue weighted by molar-refractivity contribution is -0.124. The zero-order chi connectivity index (χ0) is 24.2. The van der Waals surface area contributed by atoms with Gasteiger partial charge in [-0.2, -0.15) is 0 Å². The third kappa shape index (κ3) is 8.05. The quantitative estimate of drug-likeness (QED) is 0.424. The largest absolute Gasteiger partial charge is 0.445 e. The molecule has 0 unspecified atom stereocenters. The molecule has 3 aromatic carbocycles. The van der Waals surface area contributed by atoms with Crippen LogP contribution in [-0.4, -0.2) is 18.0 Å². The highest BCUT2D eigenvalue weighted by molar-refractivity contribution is 5.85. The fourth-order valence-electron chi connectivity index (χ4n) is 3.44. The van der Waals surface area contributed by atoms with Gasteiger partial charge in [0, 0.05) is 6.54 Å². The second kappa shape index (κ2) is 13.2. The number of amides is 2. The normalized spacial score (nSPS) is 11.6. The van der Waals surface area contributed by atoms with Crippen LogP contribution in [0.5, 0.6) is 0 Å². The minimum Gasteiger partial charge on any atom is -0.445 e. The van der Waals surface area contributed by atoms with Crippen LogP contribution in [0.4, 0.5) is 4.79 Å². The predicted octanol–water partition coefficient (Wildman–Crippen LogP) is 4.97. The molecule has 0 fully saturated rings. The summed E-state index contributed by atoms with van der Waals surface area (Å²) in [5.41, 5.74) is 3.97. The van der Waals surface area contributed by atoms with Crippen molar-refractivity contribution in [2.75, 3.05) is 0 Å². The maximum Gasteiger partial charge on any atom is 0.408 e. The van der Waals surface area contributed by atoms with Gasteiger partial charge in [-0.1, -0.05) is 98.8 Å². The molecule has 0 saturated carbocycles. The van der Waals surface area contributed by atoms with Crippen LogP contribution in [0, 0.1) is 5.92 Å². The summed E-state index contributed by atoms with van der Waals surface area (Å²) in [6, 6.07) is 26.5. The van der Waals surface area contributed by atoms with Crippen LogP contribution >= 0.6 is 0 Å². The SMILES string of the molecule is CC(C)[C@H](NC(=O)OCc1ccccc1)C(=O)NCc1ccccc1COCc1ccccc1. The molecule has 0 heterocycles. The van der Waals surface area contributed by atoms with Gasteiger partial charge in [0.1, 0.15) is 12.6 Å². The summed E-state index contributed by atoms with van der Waals surface area (Å²) in [5, 5.41) is 5.64. The Bertz CT molecular complexity index is 1040. The van der Waals surface area contributed by atoms with Crippen LogP contribution in [0.15, 0.2) is 84.9 Å². The van der Waals surface area contributed by atoms with E-state index < -0.39 is 12.1 Å². The summed E-state index contributed by atoms with van der Waals surface area (Å²) in [5.74, 6) is -0.361. The number of alkyl carbamates (subject to hydrolysis) is 1. The molecule has 3 rings (SSSR count). The van der Waals surface area contributed by atoms with Gasteiger partial charge >= 0.3 is 6.09 Å². The van der Waals surface area contributed by atoms with Crippen molar-refractivity contribution in [3.05, 3.63) is 107 Å². The molecule has 6 nitrogen and oxygen atoms in total. The lowest BCUT2D eigenvalue weighted by Crippen LogP contribution is -2.49. The maximum absolute atomic E-state index is 12.9. The van der Waals surface area contributed by atoms with Crippen LogP contribution in [0.2, 0.25) is 0 Å². The smallest absolute Gasteiger partial charge is 0.408 e. The molecule has 2 amide bonds. The summed E-state index contributed by atoms with van der Waals surface area (Å²) < 4.78 is 11.1. The second-order valence-corrected chi connectivity index (χ2v) is 8.39. The minimum absolute atomic E-state index is 0.103. The molecule has 6 heteroatoms. The van der Waals surface area contributed by atoms with Crippen molar-refractivity contribution in [1.29, 1.82) is 0 Å². The van der Waals surface area contributed by atoms with E-state index in [-0.39, 0.29) is 18.4 Å². The Morgan fingerprint density at radius 2 is 1.29 bits per heavy atom. The first-order chi connectivity index (χ1) is 16.5. The highest BCUT2D eigenvalue weighted by atomic mass is 16.5. The first kappa shape index (κ1) is 25.0. The number of nitrogens with one attached hydrogen (secondary N) is 2. The van der Waals surface area contributed by atoms with E-state index in [4.69, 9.17) is 9.47 Å². The Kier molecular flexibility index (Phi) is 9.67. The standard InChI is InChI=1S/C28H32N2O4/c1-21(2)26(30-28(32)34-19-23-13-7-4-8-14-23)27(31)29-17-24-15-9-10-16-25(24)20-33-18-22-11-5-3-6-12-22/h3-16,21,26H,17-20H2,1-2H3,(H,29,31)(H,30,32)/t26-/m0/s1. The number of carbonyl (C=O) groups excluding carboxylic acids is 2. The van der Waals surface area contributed by atoms with Crippen molar-refractivity contribution < 1.29 is 19.1 Å². The van der Waals surface area contributed by atoms with Crippen molar-refractivity contribution >= 4 is 12.0 Å². The lowest BCUT2D eigenvalue weighted by Gasteiger charge is -2.22. The van der Waals surface area contributed by atoms with Crippen molar-refractivity contribution in [2.45, 2.75) is 46.3 Å². The molecule has 178 valence electrons. The van der Waals surface area contributed by atoms with Gasteiger partial charge in [-0.15, -0.1) is 0 Å². The van der Waals surface area contributed by atoms with Crippen molar-refractivity contribution in [1.82, 2.24) is 10.6 Å². The molecule has 0 aromatic heterocycles. The molecular weight excluding hydrogens is 428 g/mol. The number of ether oxygens (including phenoxy) is 2. The number of benzene rings is 3. The molecule has 3 aromatic rings. The van der Waals surface area contributed by atoms with E-state index >= 15 is 0 Å². The fourth-order valence-corrected chi connectivity index (χ4v) is 3.44. The topological polar surface area (TPSA) is 76.7 Å². The molecule has 0 radical (unpaired) electrons. The molecule has 1 atom stereocenters. The summed E-state index contributed by atoms with van der Waals surface area (Å²) in [7, 11) is 0. The molecular formula is C28H32N2O4. The van der Waals surface area contributed by atoms with Crippen LogP contribution in [0.25, 0.3) is 0 Å². The number of hydrogen-bond donors (Lipinski definition) is 2. The Morgan fingerprint density at radius 3 is 1.91 bits per heavy atom. The van der Waals surface area contributed by atoms with Crippen molar-refractivity contribution in [3.63, 3.8) is 0 Å². The molecule has 0 aliphatic carbocycles. The molecule has 0 aliphatic rings. The van der Waals surface area contributed by atoms with Crippen LogP contribution in [-0.2, 0) is 40.6 Å². The maximum atomic E-state index is 12.9. The lowest BCUT2D eigenvalue weighted by atomic mass is 10.0. The van der Waals surface area contributed by atoms with Gasteiger partial charge < -0.3 is 20.1 Å². The van der Waals surface area contributed by atoms with E-state index in [0.717, 1.165) is 22.3 Å². The van der Waals surface area contributed by atoms with Gasteiger partial charge in [-0.3, -0.25) is 4.79 Å². The fraction of sp³-hybridized carbons (Fsp3) is 0.286. The van der Waals surface area contributed by atoms with Gasteiger partial charge in [0.15, 0.2) is 0 Å². The van der Waals surface area contributed by atoms with Crippen LogP contribution < -0.4 is 10.6 Å². The first-order valence-electron chi connectivity index (χ1n) is 11.5. The Balaban J connectivity index is 1.50. The van der Waals surface area contributed by atoms with E-state index in [0.29, 0.717) is 19.8 Å². The monoisotopic (exact) mass is 460 g/mol. The van der Waals surface area contributed by atoms with Gasteiger partial charge in [0.2, 0.25) is 5.91 Å². The Morgan fingerprint density at radius 1 is 0.735 bits per heavy atom. The molecule has 34 heavy (non-hydrogen) atoms. The van der Waals surface area contributed by atoms with Gasteiger partial charge in [-0.25, -0.2) is 4.79 Å². The van der Waals surface area contributed by atoms with E-state index in [1.807, 2.05) is 98.8 Å².